The molecule has 1 heterocycles. The Kier molecular flexibility index (Phi) is 5.26. The molecule has 0 aliphatic heterocycles. The molecule has 1 aliphatic rings. The summed E-state index contributed by atoms with van der Waals surface area (Å²) in [6, 6.07) is 15.8. The molecule has 0 radical (unpaired) electrons. The molecule has 1 saturated carbocycles. The van der Waals surface area contributed by atoms with Crippen LogP contribution < -0.4 is 5.32 Å². The van der Waals surface area contributed by atoms with Crippen LogP contribution in [-0.2, 0) is 11.2 Å². The van der Waals surface area contributed by atoms with Gasteiger partial charge in [0.1, 0.15) is 0 Å². The average Bonchev–Trinajstić information content (AvgIpc) is 3.36. The Morgan fingerprint density at radius 1 is 1.07 bits per heavy atom. The summed E-state index contributed by atoms with van der Waals surface area (Å²) in [5.74, 6) is -0.0788. The monoisotopic (exact) mass is 379 g/mol. The molecule has 0 spiro atoms. The quantitative estimate of drug-likeness (QED) is 0.636. The van der Waals surface area contributed by atoms with Crippen LogP contribution in [0.2, 0.25) is 5.02 Å². The molecule has 4 rings (SSSR count). The number of hydrogen-bond acceptors (Lipinski definition) is 2. The molecule has 5 heteroatoms. The smallest absolute Gasteiger partial charge is 0.228 e. The predicted molar refractivity (Wildman–Crippen MR) is 109 cm³/mol. The number of amides is 1. The number of anilines is 1. The number of benzene rings is 2. The molecule has 0 bridgehead atoms. The van der Waals surface area contributed by atoms with Crippen molar-refractivity contribution in [3.63, 3.8) is 0 Å². The molecule has 138 valence electrons. The second kappa shape index (κ2) is 7.97. The largest absolute Gasteiger partial charge is 0.326 e. The van der Waals surface area contributed by atoms with Gasteiger partial charge in [-0.2, -0.15) is 5.10 Å². The van der Waals surface area contributed by atoms with Crippen LogP contribution in [0.1, 0.15) is 37.3 Å². The van der Waals surface area contributed by atoms with Gasteiger partial charge in [0.25, 0.3) is 0 Å². The van der Waals surface area contributed by atoms with Crippen molar-refractivity contribution in [1.29, 1.82) is 0 Å². The van der Waals surface area contributed by atoms with Gasteiger partial charge in [-0.05, 0) is 42.2 Å². The summed E-state index contributed by atoms with van der Waals surface area (Å²) >= 11 is 6.12. The summed E-state index contributed by atoms with van der Waals surface area (Å²) in [4.78, 5) is 12.3. The minimum Gasteiger partial charge on any atom is -0.326 e. The maximum Gasteiger partial charge on any atom is 0.228 e. The van der Waals surface area contributed by atoms with Crippen LogP contribution in [0.5, 0.6) is 0 Å². The van der Waals surface area contributed by atoms with Crippen LogP contribution in [0.15, 0.2) is 60.9 Å². The second-order valence-electron chi connectivity index (χ2n) is 7.04. The third kappa shape index (κ3) is 4.22. The average molecular weight is 380 g/mol. The van der Waals surface area contributed by atoms with Gasteiger partial charge in [-0.3, -0.25) is 9.48 Å². The van der Waals surface area contributed by atoms with Crippen molar-refractivity contribution in [2.45, 2.75) is 38.1 Å². The van der Waals surface area contributed by atoms with Crippen LogP contribution in [0, 0.1) is 0 Å². The minimum absolute atomic E-state index is 0.0788. The molecule has 1 aromatic heterocycles. The summed E-state index contributed by atoms with van der Waals surface area (Å²) in [5.41, 5.74) is 3.81. The number of carbonyl (C=O) groups excluding carboxylic acids is 1. The predicted octanol–water partition coefficient (Wildman–Crippen LogP) is 5.50. The van der Waals surface area contributed by atoms with E-state index in [0.29, 0.717) is 11.1 Å². The standard InChI is InChI=1S/C22H22ClN3O/c23-21-8-4-1-5-17(21)13-22(27)25-19-11-9-16(10-12-19)18-14-24-26(15-18)20-6-2-3-7-20/h1,4-5,8-12,14-15,20H,2-3,6-7,13H2,(H,25,27). The Morgan fingerprint density at radius 3 is 2.56 bits per heavy atom. The highest BCUT2D eigenvalue weighted by atomic mass is 35.5. The van der Waals surface area contributed by atoms with Gasteiger partial charge in [-0.25, -0.2) is 0 Å². The Bertz CT molecular complexity index is 927. The van der Waals surface area contributed by atoms with Crippen molar-refractivity contribution in [2.24, 2.45) is 0 Å². The van der Waals surface area contributed by atoms with E-state index in [2.05, 4.69) is 21.3 Å². The Balaban J connectivity index is 1.40. The normalized spacial score (nSPS) is 14.4. The molecule has 27 heavy (non-hydrogen) atoms. The summed E-state index contributed by atoms with van der Waals surface area (Å²) in [7, 11) is 0. The van der Waals surface area contributed by atoms with Gasteiger partial charge >= 0.3 is 0 Å². The van der Waals surface area contributed by atoms with Crippen LogP contribution >= 0.6 is 11.6 Å². The van der Waals surface area contributed by atoms with E-state index in [0.717, 1.165) is 22.4 Å². The first-order valence-corrected chi connectivity index (χ1v) is 9.75. The minimum atomic E-state index is -0.0788. The summed E-state index contributed by atoms with van der Waals surface area (Å²) < 4.78 is 2.10. The summed E-state index contributed by atoms with van der Waals surface area (Å²) in [6.07, 6.45) is 9.33. The van der Waals surface area contributed by atoms with E-state index in [4.69, 9.17) is 11.6 Å². The highest BCUT2D eigenvalue weighted by molar-refractivity contribution is 6.31. The molecule has 0 saturated heterocycles. The number of nitrogens with one attached hydrogen (secondary N) is 1. The lowest BCUT2D eigenvalue weighted by Gasteiger charge is -2.09. The molecule has 1 fully saturated rings. The van der Waals surface area contributed by atoms with E-state index < -0.39 is 0 Å². The molecule has 0 atom stereocenters. The van der Waals surface area contributed by atoms with Gasteiger partial charge in [0.05, 0.1) is 18.7 Å². The molecular weight excluding hydrogens is 358 g/mol. The number of nitrogens with zero attached hydrogens (tertiary/aromatic N) is 2. The van der Waals surface area contributed by atoms with E-state index in [1.165, 1.54) is 25.7 Å². The molecule has 1 N–H and O–H groups in total. The Labute approximate surface area is 164 Å². The van der Waals surface area contributed by atoms with Crippen LogP contribution in [0.3, 0.4) is 0 Å². The Morgan fingerprint density at radius 2 is 1.81 bits per heavy atom. The molecule has 0 unspecified atom stereocenters. The van der Waals surface area contributed by atoms with Gasteiger partial charge < -0.3 is 5.32 Å². The van der Waals surface area contributed by atoms with Crippen molar-refractivity contribution in [1.82, 2.24) is 9.78 Å². The molecule has 1 amide bonds. The highest BCUT2D eigenvalue weighted by Crippen LogP contribution is 2.30. The van der Waals surface area contributed by atoms with Crippen molar-refractivity contribution < 1.29 is 4.79 Å². The fourth-order valence-corrected chi connectivity index (χ4v) is 3.82. The first kappa shape index (κ1) is 17.8. The fourth-order valence-electron chi connectivity index (χ4n) is 3.62. The summed E-state index contributed by atoms with van der Waals surface area (Å²) in [5, 5.41) is 8.08. The lowest BCUT2D eigenvalue weighted by atomic mass is 10.1. The van der Waals surface area contributed by atoms with Gasteiger partial charge in [0, 0.05) is 22.5 Å². The zero-order chi connectivity index (χ0) is 18.6. The Hall–Kier alpha value is -2.59. The van der Waals surface area contributed by atoms with Gasteiger partial charge in [0.2, 0.25) is 5.91 Å². The highest BCUT2D eigenvalue weighted by Gasteiger charge is 2.17. The van der Waals surface area contributed by atoms with Crippen LogP contribution in [0.25, 0.3) is 11.1 Å². The van der Waals surface area contributed by atoms with Gasteiger partial charge in [0.15, 0.2) is 0 Å². The molecular formula is C22H22ClN3O. The van der Waals surface area contributed by atoms with Crippen molar-refractivity contribution in [3.05, 3.63) is 71.5 Å². The topological polar surface area (TPSA) is 46.9 Å². The molecule has 1 aliphatic carbocycles. The lowest BCUT2D eigenvalue weighted by molar-refractivity contribution is -0.115. The third-order valence-corrected chi connectivity index (χ3v) is 5.48. The zero-order valence-electron chi connectivity index (χ0n) is 15.1. The maximum absolute atomic E-state index is 12.3. The number of carbonyl (C=O) groups is 1. The van der Waals surface area contributed by atoms with Crippen LogP contribution in [-0.4, -0.2) is 15.7 Å². The van der Waals surface area contributed by atoms with Crippen molar-refractivity contribution in [3.8, 4) is 11.1 Å². The molecule has 2 aromatic carbocycles. The van der Waals surface area contributed by atoms with Crippen LogP contribution in [0.4, 0.5) is 5.69 Å². The zero-order valence-corrected chi connectivity index (χ0v) is 15.8. The number of rotatable bonds is 5. The number of hydrogen-bond donors (Lipinski definition) is 1. The van der Waals surface area contributed by atoms with E-state index in [1.54, 1.807) is 6.07 Å². The van der Waals surface area contributed by atoms with Gasteiger partial charge in [-0.1, -0.05) is 54.8 Å². The van der Waals surface area contributed by atoms with E-state index in [1.807, 2.05) is 48.7 Å². The molecule has 4 nitrogen and oxygen atoms in total. The first-order valence-electron chi connectivity index (χ1n) is 9.37. The van der Waals surface area contributed by atoms with E-state index >= 15 is 0 Å². The second-order valence-corrected chi connectivity index (χ2v) is 7.45. The SMILES string of the molecule is O=C(Cc1ccccc1Cl)Nc1ccc(-c2cnn(C3CCCC3)c2)cc1. The van der Waals surface area contributed by atoms with E-state index in [-0.39, 0.29) is 12.3 Å². The maximum atomic E-state index is 12.3. The molecule has 3 aromatic rings. The van der Waals surface area contributed by atoms with Crippen molar-refractivity contribution >= 4 is 23.2 Å². The van der Waals surface area contributed by atoms with Crippen molar-refractivity contribution in [2.75, 3.05) is 5.32 Å². The third-order valence-electron chi connectivity index (χ3n) is 5.11. The summed E-state index contributed by atoms with van der Waals surface area (Å²) in [6.45, 7) is 0. The van der Waals surface area contributed by atoms with Gasteiger partial charge in [-0.15, -0.1) is 0 Å². The first-order chi connectivity index (χ1) is 13.2. The number of aromatic nitrogens is 2. The fraction of sp³-hybridized carbons (Fsp3) is 0.273. The number of halogens is 1. The van der Waals surface area contributed by atoms with E-state index in [9.17, 15) is 4.79 Å². The lowest BCUT2D eigenvalue weighted by Crippen LogP contribution is -2.14.